The van der Waals surface area contributed by atoms with E-state index in [2.05, 4.69) is 12.2 Å². The highest BCUT2D eigenvalue weighted by Crippen LogP contribution is 2.16. The molecule has 1 N–H and O–H groups in total. The molecule has 0 radical (unpaired) electrons. The maximum Gasteiger partial charge on any atom is 0.262 e. The van der Waals surface area contributed by atoms with Gasteiger partial charge in [0, 0.05) is 25.5 Å². The predicted molar refractivity (Wildman–Crippen MR) is 95.3 cm³/mol. The van der Waals surface area contributed by atoms with E-state index in [1.54, 1.807) is 0 Å². The fourth-order valence-corrected chi connectivity index (χ4v) is 2.23. The minimum absolute atomic E-state index is 0.00254. The van der Waals surface area contributed by atoms with Crippen LogP contribution in [0.4, 0.5) is 11.4 Å². The first kappa shape index (κ1) is 16.9. The second-order valence-corrected chi connectivity index (χ2v) is 5.67. The molecule has 0 unspecified atom stereocenters. The highest BCUT2D eigenvalue weighted by Gasteiger charge is 2.04. The molecule has 122 valence electrons. The van der Waals surface area contributed by atoms with E-state index >= 15 is 0 Å². The Morgan fingerprint density at radius 2 is 1.70 bits per heavy atom. The molecule has 0 bridgehead atoms. The average molecular weight is 312 g/mol. The van der Waals surface area contributed by atoms with E-state index in [-0.39, 0.29) is 12.5 Å². The Kier molecular flexibility index (Phi) is 6.03. The number of hydrogen-bond acceptors (Lipinski definition) is 3. The third-order valence-corrected chi connectivity index (χ3v) is 3.50. The number of nitrogens with zero attached hydrogens (tertiary/aromatic N) is 1. The predicted octanol–water partition coefficient (Wildman–Crippen LogP) is 3.72. The van der Waals surface area contributed by atoms with Crippen molar-refractivity contribution in [2.45, 2.75) is 19.8 Å². The van der Waals surface area contributed by atoms with Gasteiger partial charge in [-0.05, 0) is 48.4 Å². The molecule has 1 amide bonds. The van der Waals surface area contributed by atoms with Crippen LogP contribution in [0.25, 0.3) is 0 Å². The zero-order valence-electron chi connectivity index (χ0n) is 14.0. The van der Waals surface area contributed by atoms with Crippen LogP contribution in [0.3, 0.4) is 0 Å². The maximum absolute atomic E-state index is 11.9. The second-order valence-electron chi connectivity index (χ2n) is 5.67. The molecule has 0 heterocycles. The molecular formula is C19H24N2O2. The van der Waals surface area contributed by atoms with Crippen molar-refractivity contribution < 1.29 is 9.53 Å². The van der Waals surface area contributed by atoms with Crippen LogP contribution >= 0.6 is 0 Å². The Balaban J connectivity index is 1.82. The van der Waals surface area contributed by atoms with Gasteiger partial charge in [-0.15, -0.1) is 0 Å². The third kappa shape index (κ3) is 5.33. The van der Waals surface area contributed by atoms with Gasteiger partial charge in [0.2, 0.25) is 0 Å². The van der Waals surface area contributed by atoms with Crippen molar-refractivity contribution in [3.8, 4) is 5.75 Å². The third-order valence-electron chi connectivity index (χ3n) is 3.50. The topological polar surface area (TPSA) is 41.6 Å². The number of ether oxygens (including phenoxy) is 1. The summed E-state index contributed by atoms with van der Waals surface area (Å²) in [6, 6.07) is 15.6. The molecule has 2 aromatic rings. The lowest BCUT2D eigenvalue weighted by Gasteiger charge is -2.13. The lowest BCUT2D eigenvalue weighted by Crippen LogP contribution is -2.20. The number of amides is 1. The van der Waals surface area contributed by atoms with Crippen LogP contribution in [0.2, 0.25) is 0 Å². The van der Waals surface area contributed by atoms with Gasteiger partial charge >= 0.3 is 0 Å². The number of aryl methyl sites for hydroxylation is 1. The van der Waals surface area contributed by atoms with E-state index in [4.69, 9.17) is 4.74 Å². The van der Waals surface area contributed by atoms with E-state index < -0.39 is 0 Å². The summed E-state index contributed by atoms with van der Waals surface area (Å²) in [7, 11) is 3.96. The van der Waals surface area contributed by atoms with Crippen LogP contribution in [0.5, 0.6) is 5.75 Å². The van der Waals surface area contributed by atoms with Gasteiger partial charge in [-0.25, -0.2) is 0 Å². The smallest absolute Gasteiger partial charge is 0.262 e. The summed E-state index contributed by atoms with van der Waals surface area (Å²) in [4.78, 5) is 13.9. The lowest BCUT2D eigenvalue weighted by atomic mass is 10.1. The number of rotatable bonds is 7. The quantitative estimate of drug-likeness (QED) is 0.847. The maximum atomic E-state index is 11.9. The van der Waals surface area contributed by atoms with Gasteiger partial charge < -0.3 is 15.0 Å². The lowest BCUT2D eigenvalue weighted by molar-refractivity contribution is -0.118. The number of anilines is 2. The Hall–Kier alpha value is -2.49. The van der Waals surface area contributed by atoms with Gasteiger partial charge in [0.15, 0.2) is 6.61 Å². The Labute approximate surface area is 138 Å². The molecule has 0 aromatic heterocycles. The molecule has 0 saturated heterocycles. The summed E-state index contributed by atoms with van der Waals surface area (Å²) >= 11 is 0. The fourth-order valence-electron chi connectivity index (χ4n) is 2.23. The molecule has 0 saturated carbocycles. The van der Waals surface area contributed by atoms with Crippen LogP contribution in [0.1, 0.15) is 18.9 Å². The van der Waals surface area contributed by atoms with Crippen molar-refractivity contribution in [2.24, 2.45) is 0 Å². The monoisotopic (exact) mass is 312 g/mol. The van der Waals surface area contributed by atoms with Crippen LogP contribution in [0.15, 0.2) is 48.5 Å². The Morgan fingerprint density at radius 3 is 2.26 bits per heavy atom. The van der Waals surface area contributed by atoms with Gasteiger partial charge in [0.05, 0.1) is 0 Å². The molecule has 0 aliphatic heterocycles. The van der Waals surface area contributed by atoms with Crippen LogP contribution in [0, 0.1) is 0 Å². The zero-order valence-corrected chi connectivity index (χ0v) is 14.0. The molecule has 2 rings (SSSR count). The normalized spacial score (nSPS) is 10.2. The number of benzene rings is 2. The van der Waals surface area contributed by atoms with Gasteiger partial charge in [-0.2, -0.15) is 0 Å². The molecular weight excluding hydrogens is 288 g/mol. The largest absolute Gasteiger partial charge is 0.484 e. The standard InChI is InChI=1S/C19H24N2O2/c1-4-5-15-6-12-18(13-7-15)23-14-19(22)20-16-8-10-17(11-9-16)21(2)3/h6-13H,4-5,14H2,1-3H3,(H,20,22). The van der Waals surface area contributed by atoms with E-state index in [0.29, 0.717) is 5.75 Å². The van der Waals surface area contributed by atoms with Gasteiger partial charge in [0.25, 0.3) is 5.91 Å². The van der Waals surface area contributed by atoms with Crippen molar-refractivity contribution in [1.29, 1.82) is 0 Å². The Morgan fingerprint density at radius 1 is 1.04 bits per heavy atom. The number of carbonyl (C=O) groups excluding carboxylic acids is 1. The molecule has 0 aliphatic rings. The molecule has 4 heteroatoms. The average Bonchev–Trinajstić information content (AvgIpc) is 2.55. The second kappa shape index (κ2) is 8.22. The van der Waals surface area contributed by atoms with E-state index in [1.807, 2.05) is 67.5 Å². The fraction of sp³-hybridized carbons (Fsp3) is 0.316. The Bertz CT molecular complexity index is 619. The SMILES string of the molecule is CCCc1ccc(OCC(=O)Nc2ccc(N(C)C)cc2)cc1. The number of carbonyl (C=O) groups is 1. The van der Waals surface area contributed by atoms with Crippen LogP contribution < -0.4 is 15.0 Å². The minimum Gasteiger partial charge on any atom is -0.484 e. The molecule has 0 atom stereocenters. The van der Waals surface area contributed by atoms with Crippen molar-refractivity contribution >= 4 is 17.3 Å². The van der Waals surface area contributed by atoms with Gasteiger partial charge in [-0.1, -0.05) is 25.5 Å². The van der Waals surface area contributed by atoms with Gasteiger partial charge in [0.1, 0.15) is 5.75 Å². The van der Waals surface area contributed by atoms with Crippen LogP contribution in [-0.2, 0) is 11.2 Å². The van der Waals surface area contributed by atoms with E-state index in [1.165, 1.54) is 5.56 Å². The minimum atomic E-state index is -0.166. The van der Waals surface area contributed by atoms with Crippen molar-refractivity contribution in [2.75, 3.05) is 30.9 Å². The molecule has 4 nitrogen and oxygen atoms in total. The van der Waals surface area contributed by atoms with Crippen molar-refractivity contribution in [1.82, 2.24) is 0 Å². The van der Waals surface area contributed by atoms with E-state index in [0.717, 1.165) is 24.2 Å². The van der Waals surface area contributed by atoms with Gasteiger partial charge in [-0.3, -0.25) is 4.79 Å². The first-order chi connectivity index (χ1) is 11.1. The number of hydrogen-bond donors (Lipinski definition) is 1. The highest BCUT2D eigenvalue weighted by atomic mass is 16.5. The first-order valence-corrected chi connectivity index (χ1v) is 7.87. The molecule has 2 aromatic carbocycles. The van der Waals surface area contributed by atoms with Crippen molar-refractivity contribution in [3.05, 3.63) is 54.1 Å². The first-order valence-electron chi connectivity index (χ1n) is 7.87. The van der Waals surface area contributed by atoms with E-state index in [9.17, 15) is 4.79 Å². The van der Waals surface area contributed by atoms with Crippen molar-refractivity contribution in [3.63, 3.8) is 0 Å². The zero-order chi connectivity index (χ0) is 16.7. The summed E-state index contributed by atoms with van der Waals surface area (Å²) in [5.41, 5.74) is 3.14. The molecule has 0 spiro atoms. The summed E-state index contributed by atoms with van der Waals surface area (Å²) in [5, 5.41) is 2.83. The molecule has 23 heavy (non-hydrogen) atoms. The summed E-state index contributed by atoms with van der Waals surface area (Å²) in [6.07, 6.45) is 2.18. The summed E-state index contributed by atoms with van der Waals surface area (Å²) < 4.78 is 5.51. The van der Waals surface area contributed by atoms with Crippen LogP contribution in [-0.4, -0.2) is 26.6 Å². The molecule has 0 fully saturated rings. The molecule has 0 aliphatic carbocycles. The highest BCUT2D eigenvalue weighted by molar-refractivity contribution is 5.92. The summed E-state index contributed by atoms with van der Waals surface area (Å²) in [6.45, 7) is 2.16. The number of nitrogens with one attached hydrogen (secondary N) is 1. The summed E-state index contributed by atoms with van der Waals surface area (Å²) in [5.74, 6) is 0.545.